The second-order valence-corrected chi connectivity index (χ2v) is 8.91. The zero-order valence-electron chi connectivity index (χ0n) is 16.8. The maximum absolute atomic E-state index is 12.8. The predicted octanol–water partition coefficient (Wildman–Crippen LogP) is 3.99. The van der Waals surface area contributed by atoms with E-state index in [1.54, 1.807) is 0 Å². The van der Waals surface area contributed by atoms with Gasteiger partial charge in [0.25, 0.3) is 0 Å². The van der Waals surface area contributed by atoms with E-state index in [1.165, 1.54) is 5.56 Å². The molecule has 5 nitrogen and oxygen atoms in total. The standard InChI is InChI=1S/C23H29N3O2/c1-23(2)16-26(20(28)10-6-9-19(27)18-11-12-18)21(23)22-24-13-14-25(22)15-17-7-4-3-5-8-17/h3-5,7-8,13-14,18,21H,6,9-12,15-16H2,1-2H3. The number of carbonyl (C=O) groups excluding carboxylic acids is 2. The van der Waals surface area contributed by atoms with Gasteiger partial charge in [0, 0.05) is 49.7 Å². The van der Waals surface area contributed by atoms with E-state index in [4.69, 9.17) is 0 Å². The van der Waals surface area contributed by atoms with E-state index < -0.39 is 0 Å². The number of aromatic nitrogens is 2. The fourth-order valence-corrected chi connectivity index (χ4v) is 4.30. The fourth-order valence-electron chi connectivity index (χ4n) is 4.30. The Balaban J connectivity index is 1.42. The lowest BCUT2D eigenvalue weighted by molar-refractivity contribution is -0.153. The molecule has 148 valence electrons. The Hall–Kier alpha value is -2.43. The molecule has 2 heterocycles. The third kappa shape index (κ3) is 3.89. The van der Waals surface area contributed by atoms with Crippen molar-refractivity contribution in [2.24, 2.45) is 11.3 Å². The monoisotopic (exact) mass is 379 g/mol. The van der Waals surface area contributed by atoms with Gasteiger partial charge in [-0.15, -0.1) is 0 Å². The van der Waals surface area contributed by atoms with Gasteiger partial charge in [-0.2, -0.15) is 0 Å². The number of nitrogens with zero attached hydrogens (tertiary/aromatic N) is 3. The number of ketones is 1. The number of Topliss-reactive ketones (excluding diaryl/α,β-unsaturated/α-hetero) is 1. The topological polar surface area (TPSA) is 55.2 Å². The van der Waals surface area contributed by atoms with Gasteiger partial charge in [-0.3, -0.25) is 9.59 Å². The van der Waals surface area contributed by atoms with Crippen LogP contribution in [-0.4, -0.2) is 32.7 Å². The molecule has 2 aliphatic rings. The lowest BCUT2D eigenvalue weighted by atomic mass is 9.74. The van der Waals surface area contributed by atoms with Crippen LogP contribution in [0.5, 0.6) is 0 Å². The van der Waals surface area contributed by atoms with Gasteiger partial charge in [-0.25, -0.2) is 4.98 Å². The van der Waals surface area contributed by atoms with Crippen LogP contribution in [0.4, 0.5) is 0 Å². The van der Waals surface area contributed by atoms with Crippen LogP contribution >= 0.6 is 0 Å². The van der Waals surface area contributed by atoms with E-state index in [0.717, 1.165) is 31.8 Å². The van der Waals surface area contributed by atoms with Gasteiger partial charge in [0.05, 0.1) is 6.04 Å². The maximum Gasteiger partial charge on any atom is 0.223 e. The Morgan fingerprint density at radius 1 is 1.14 bits per heavy atom. The van der Waals surface area contributed by atoms with E-state index >= 15 is 0 Å². The lowest BCUT2D eigenvalue weighted by Crippen LogP contribution is -2.58. The molecule has 1 aromatic heterocycles. The number of benzene rings is 1. The molecule has 2 aromatic rings. The first-order valence-corrected chi connectivity index (χ1v) is 10.3. The number of hydrogen-bond acceptors (Lipinski definition) is 3. The third-order valence-electron chi connectivity index (χ3n) is 5.98. The van der Waals surface area contributed by atoms with Crippen LogP contribution < -0.4 is 0 Å². The molecule has 1 aliphatic carbocycles. The summed E-state index contributed by atoms with van der Waals surface area (Å²) in [6, 6.07) is 10.3. The molecule has 1 saturated carbocycles. The SMILES string of the molecule is CC1(C)CN(C(=O)CCCC(=O)C2CC2)C1c1nccn1Cc1ccccc1. The van der Waals surface area contributed by atoms with Crippen molar-refractivity contribution < 1.29 is 9.59 Å². The van der Waals surface area contributed by atoms with Gasteiger partial charge in [0.2, 0.25) is 5.91 Å². The van der Waals surface area contributed by atoms with E-state index in [-0.39, 0.29) is 23.3 Å². The fraction of sp³-hybridized carbons (Fsp3) is 0.522. The number of hydrogen-bond donors (Lipinski definition) is 0. The highest BCUT2D eigenvalue weighted by molar-refractivity contribution is 5.84. The minimum Gasteiger partial charge on any atom is -0.331 e. The largest absolute Gasteiger partial charge is 0.331 e. The van der Waals surface area contributed by atoms with Gasteiger partial charge in [0.1, 0.15) is 11.6 Å². The molecule has 2 fully saturated rings. The highest BCUT2D eigenvalue weighted by atomic mass is 16.2. The van der Waals surface area contributed by atoms with E-state index in [1.807, 2.05) is 35.5 Å². The third-order valence-corrected chi connectivity index (χ3v) is 5.98. The van der Waals surface area contributed by atoms with E-state index in [0.29, 0.717) is 25.0 Å². The van der Waals surface area contributed by atoms with Crippen molar-refractivity contribution in [1.82, 2.24) is 14.5 Å². The van der Waals surface area contributed by atoms with E-state index in [2.05, 4.69) is 35.5 Å². The Bertz CT molecular complexity index is 852. The first-order valence-electron chi connectivity index (χ1n) is 10.3. The molecule has 1 aliphatic heterocycles. The van der Waals surface area contributed by atoms with Crippen LogP contribution in [0.2, 0.25) is 0 Å². The van der Waals surface area contributed by atoms with Crippen LogP contribution in [0.25, 0.3) is 0 Å². The summed E-state index contributed by atoms with van der Waals surface area (Å²) in [7, 11) is 0. The molecule has 1 aromatic carbocycles. The number of likely N-dealkylation sites (tertiary alicyclic amines) is 1. The zero-order chi connectivity index (χ0) is 19.7. The molecular formula is C23H29N3O2. The quantitative estimate of drug-likeness (QED) is 0.697. The van der Waals surface area contributed by atoms with Crippen LogP contribution in [0.15, 0.2) is 42.7 Å². The molecule has 5 heteroatoms. The van der Waals surface area contributed by atoms with Crippen molar-refractivity contribution in [3.63, 3.8) is 0 Å². The van der Waals surface area contributed by atoms with Gasteiger partial charge < -0.3 is 9.47 Å². The summed E-state index contributed by atoms with van der Waals surface area (Å²) in [5, 5.41) is 0. The van der Waals surface area contributed by atoms with Crippen molar-refractivity contribution in [3.8, 4) is 0 Å². The zero-order valence-corrected chi connectivity index (χ0v) is 16.8. The summed E-state index contributed by atoms with van der Waals surface area (Å²) in [5.41, 5.74) is 1.22. The summed E-state index contributed by atoms with van der Waals surface area (Å²) >= 11 is 0. The summed E-state index contributed by atoms with van der Waals surface area (Å²) in [5.74, 6) is 1.72. The lowest BCUT2D eigenvalue weighted by Gasteiger charge is -2.53. The first kappa shape index (κ1) is 18.9. The first-order chi connectivity index (χ1) is 13.5. The summed E-state index contributed by atoms with van der Waals surface area (Å²) in [4.78, 5) is 31.3. The molecule has 4 rings (SSSR count). The molecular weight excluding hydrogens is 350 g/mol. The van der Waals surface area contributed by atoms with Crippen LogP contribution in [0, 0.1) is 11.3 Å². The Kier molecular flexibility index (Phi) is 5.09. The Labute approximate surface area is 166 Å². The van der Waals surface area contributed by atoms with Crippen molar-refractivity contribution in [3.05, 3.63) is 54.1 Å². The molecule has 1 saturated heterocycles. The minimum absolute atomic E-state index is 0.000711. The number of imidazole rings is 1. The summed E-state index contributed by atoms with van der Waals surface area (Å²) in [6.45, 7) is 5.88. The molecule has 1 atom stereocenters. The summed E-state index contributed by atoms with van der Waals surface area (Å²) in [6.07, 6.45) is 7.55. The number of carbonyl (C=O) groups is 2. The Morgan fingerprint density at radius 3 is 2.57 bits per heavy atom. The predicted molar refractivity (Wildman–Crippen MR) is 108 cm³/mol. The van der Waals surface area contributed by atoms with Gasteiger partial charge in [0.15, 0.2) is 0 Å². The minimum atomic E-state index is -0.0159. The van der Waals surface area contributed by atoms with Crippen molar-refractivity contribution in [2.75, 3.05) is 6.54 Å². The molecule has 0 spiro atoms. The average Bonchev–Trinajstić information content (AvgIpc) is 3.43. The Morgan fingerprint density at radius 2 is 1.89 bits per heavy atom. The second kappa shape index (κ2) is 7.53. The van der Waals surface area contributed by atoms with Crippen molar-refractivity contribution in [2.45, 2.75) is 58.5 Å². The molecule has 0 N–H and O–H groups in total. The molecule has 1 amide bonds. The highest BCUT2D eigenvalue weighted by Gasteiger charge is 2.50. The van der Waals surface area contributed by atoms with Crippen molar-refractivity contribution in [1.29, 1.82) is 0 Å². The number of rotatable bonds is 8. The smallest absolute Gasteiger partial charge is 0.223 e. The van der Waals surface area contributed by atoms with Crippen LogP contribution in [-0.2, 0) is 16.1 Å². The molecule has 0 bridgehead atoms. The second-order valence-electron chi connectivity index (χ2n) is 8.91. The number of amides is 1. The van der Waals surface area contributed by atoms with Gasteiger partial charge in [-0.1, -0.05) is 44.2 Å². The molecule has 0 radical (unpaired) electrons. The van der Waals surface area contributed by atoms with Gasteiger partial charge in [-0.05, 0) is 24.8 Å². The van der Waals surface area contributed by atoms with Gasteiger partial charge >= 0.3 is 0 Å². The normalized spacial score (nSPS) is 20.6. The maximum atomic E-state index is 12.8. The molecule has 1 unspecified atom stereocenters. The summed E-state index contributed by atoms with van der Waals surface area (Å²) < 4.78 is 2.15. The van der Waals surface area contributed by atoms with Crippen molar-refractivity contribution >= 4 is 11.7 Å². The van der Waals surface area contributed by atoms with Crippen LogP contribution in [0.1, 0.15) is 63.4 Å². The molecule has 28 heavy (non-hydrogen) atoms. The average molecular weight is 380 g/mol. The van der Waals surface area contributed by atoms with E-state index in [9.17, 15) is 9.59 Å². The van der Waals surface area contributed by atoms with Crippen LogP contribution in [0.3, 0.4) is 0 Å². The highest BCUT2D eigenvalue weighted by Crippen LogP contribution is 2.48.